The Hall–Kier alpha value is -2.28. The Kier molecular flexibility index (Phi) is 5.86. The van der Waals surface area contributed by atoms with Crippen molar-refractivity contribution in [2.24, 2.45) is 29.1 Å². The molecule has 0 amide bonds. The molecule has 1 heterocycles. The molecular weight excluding hydrogens is 444 g/mol. The van der Waals surface area contributed by atoms with Gasteiger partial charge in [0, 0.05) is 18.1 Å². The maximum Gasteiger partial charge on any atom is 0.331 e. The van der Waals surface area contributed by atoms with Crippen molar-refractivity contribution in [2.75, 3.05) is 6.61 Å². The summed E-state index contributed by atoms with van der Waals surface area (Å²) in [5.74, 6) is -1.45. The van der Waals surface area contributed by atoms with E-state index in [9.17, 15) is 19.8 Å². The highest BCUT2D eigenvalue weighted by Crippen LogP contribution is 2.64. The first-order valence-corrected chi connectivity index (χ1v) is 12.7. The highest BCUT2D eigenvalue weighted by Gasteiger charge is 2.71. The van der Waals surface area contributed by atoms with Gasteiger partial charge in [-0.05, 0) is 54.6 Å². The van der Waals surface area contributed by atoms with Crippen molar-refractivity contribution in [3.63, 3.8) is 0 Å². The molecule has 2 N–H and O–H groups in total. The first-order chi connectivity index (χ1) is 16.5. The Morgan fingerprint density at radius 2 is 1.94 bits per heavy atom. The number of aliphatic hydroxyl groups is 2. The zero-order valence-electron chi connectivity index (χ0n) is 20.9. The minimum Gasteiger partial charge on any atom is -0.447 e. The fourth-order valence-corrected chi connectivity index (χ4v) is 6.84. The molecule has 5 rings (SSSR count). The third kappa shape index (κ3) is 4.00. The first kappa shape index (κ1) is 24.4. The third-order valence-electron chi connectivity index (χ3n) is 9.19. The summed E-state index contributed by atoms with van der Waals surface area (Å²) in [6.45, 7) is 7.84. The number of allylic oxidation sites excluding steroid dienone is 1. The summed E-state index contributed by atoms with van der Waals surface area (Å²) in [4.78, 5) is 27.3. The molecule has 6 heteroatoms. The van der Waals surface area contributed by atoms with E-state index in [-0.39, 0.29) is 29.2 Å². The molecule has 2 saturated carbocycles. The molecule has 3 aliphatic carbocycles. The zero-order chi connectivity index (χ0) is 25.2. The van der Waals surface area contributed by atoms with E-state index in [2.05, 4.69) is 13.8 Å². The standard InChI is InChI=1S/C29H36O6/c1-17-15-29(34-22(31)11-10-18-8-6-5-7-9-18)23(24(17)32)26-28(4,35-26)13-12-20-21(27(20,2)3)14-19(16-30)25(29)33/h5-11,14,17,20-21,23-24,26,30,32H,12-13,15-16H2,1-4H3/b11-10+,19-14-/t17-,20-,21+,23+,24-,26+,28+,29+/m0/s1. The molecule has 3 fully saturated rings. The van der Waals surface area contributed by atoms with Crippen LogP contribution in [0.3, 0.4) is 0 Å². The van der Waals surface area contributed by atoms with E-state index < -0.39 is 47.7 Å². The van der Waals surface area contributed by atoms with Crippen molar-refractivity contribution in [1.82, 2.24) is 0 Å². The van der Waals surface area contributed by atoms with Crippen molar-refractivity contribution in [1.29, 1.82) is 0 Å². The Morgan fingerprint density at radius 3 is 2.63 bits per heavy atom. The van der Waals surface area contributed by atoms with Crippen LogP contribution in [0.15, 0.2) is 48.1 Å². The number of ketones is 1. The number of Topliss-reactive ketones (excluding diaryl/α,β-unsaturated/α-hetero) is 1. The van der Waals surface area contributed by atoms with Gasteiger partial charge >= 0.3 is 5.97 Å². The molecule has 1 aliphatic heterocycles. The van der Waals surface area contributed by atoms with Crippen molar-refractivity contribution < 1.29 is 29.3 Å². The lowest BCUT2D eigenvalue weighted by atomic mass is 9.77. The normalized spacial score (nSPS) is 43.3. The fraction of sp³-hybridized carbons (Fsp3) is 0.586. The molecule has 8 atom stereocenters. The van der Waals surface area contributed by atoms with E-state index >= 15 is 0 Å². The molecule has 1 aromatic carbocycles. The Labute approximate surface area is 207 Å². The molecule has 4 aliphatic rings. The molecule has 0 aromatic heterocycles. The number of ether oxygens (including phenoxy) is 2. The molecule has 0 spiro atoms. The monoisotopic (exact) mass is 480 g/mol. The van der Waals surface area contributed by atoms with Gasteiger partial charge in [-0.2, -0.15) is 0 Å². The van der Waals surface area contributed by atoms with E-state index in [1.54, 1.807) is 6.08 Å². The average Bonchev–Trinajstić information content (AvgIpc) is 3.60. The lowest BCUT2D eigenvalue weighted by Gasteiger charge is -2.34. The van der Waals surface area contributed by atoms with Crippen LogP contribution in [0.2, 0.25) is 0 Å². The van der Waals surface area contributed by atoms with Gasteiger partial charge in [0.2, 0.25) is 5.78 Å². The number of carbonyl (C=O) groups excluding carboxylic acids is 2. The Bertz CT molecular complexity index is 1070. The minimum atomic E-state index is -1.59. The summed E-state index contributed by atoms with van der Waals surface area (Å²) in [7, 11) is 0. The molecule has 1 aromatic rings. The fourth-order valence-electron chi connectivity index (χ4n) is 6.84. The topological polar surface area (TPSA) is 96.4 Å². The first-order valence-electron chi connectivity index (χ1n) is 12.7. The number of carbonyl (C=O) groups is 2. The van der Waals surface area contributed by atoms with Crippen LogP contribution >= 0.6 is 0 Å². The summed E-state index contributed by atoms with van der Waals surface area (Å²) in [5, 5.41) is 21.5. The number of esters is 1. The maximum atomic E-state index is 14.2. The number of hydrogen-bond donors (Lipinski definition) is 2. The van der Waals surface area contributed by atoms with Gasteiger partial charge in [0.25, 0.3) is 0 Å². The molecule has 188 valence electrons. The van der Waals surface area contributed by atoms with Crippen molar-refractivity contribution in [2.45, 2.75) is 70.4 Å². The van der Waals surface area contributed by atoms with E-state index in [1.165, 1.54) is 6.08 Å². The van der Waals surface area contributed by atoms with Crippen LogP contribution in [-0.2, 0) is 19.1 Å². The quantitative estimate of drug-likeness (QED) is 0.388. The van der Waals surface area contributed by atoms with Crippen LogP contribution in [0.1, 0.15) is 52.5 Å². The average molecular weight is 481 g/mol. The molecular formula is C29H36O6. The Morgan fingerprint density at radius 1 is 1.23 bits per heavy atom. The highest BCUT2D eigenvalue weighted by molar-refractivity contribution is 6.04. The third-order valence-corrected chi connectivity index (χ3v) is 9.19. The van der Waals surface area contributed by atoms with Crippen LogP contribution in [0, 0.1) is 29.1 Å². The minimum absolute atomic E-state index is 0.0325. The molecule has 1 saturated heterocycles. The van der Waals surface area contributed by atoms with Crippen molar-refractivity contribution >= 4 is 17.8 Å². The van der Waals surface area contributed by atoms with E-state index in [4.69, 9.17) is 9.47 Å². The number of fused-ring (bicyclic) bond motifs is 4. The van der Waals surface area contributed by atoms with Gasteiger partial charge < -0.3 is 19.7 Å². The molecule has 0 bridgehead atoms. The summed E-state index contributed by atoms with van der Waals surface area (Å²) in [6.07, 6.45) is 5.56. The highest BCUT2D eigenvalue weighted by atomic mass is 16.6. The summed E-state index contributed by atoms with van der Waals surface area (Å²) in [5.41, 5.74) is -0.929. The van der Waals surface area contributed by atoms with E-state index in [0.717, 1.165) is 18.4 Å². The number of aliphatic hydroxyl groups excluding tert-OH is 2. The smallest absolute Gasteiger partial charge is 0.331 e. The van der Waals surface area contributed by atoms with Crippen molar-refractivity contribution in [3.8, 4) is 0 Å². The maximum absolute atomic E-state index is 14.2. The summed E-state index contributed by atoms with van der Waals surface area (Å²) >= 11 is 0. The van der Waals surface area contributed by atoms with E-state index in [0.29, 0.717) is 5.92 Å². The van der Waals surface area contributed by atoms with Gasteiger partial charge in [-0.3, -0.25) is 4.79 Å². The lowest BCUT2D eigenvalue weighted by Crippen LogP contribution is -2.52. The van der Waals surface area contributed by atoms with Crippen LogP contribution in [0.4, 0.5) is 0 Å². The summed E-state index contributed by atoms with van der Waals surface area (Å²) < 4.78 is 12.3. The lowest BCUT2D eigenvalue weighted by molar-refractivity contribution is -0.168. The van der Waals surface area contributed by atoms with Gasteiger partial charge in [-0.25, -0.2) is 4.79 Å². The van der Waals surface area contributed by atoms with Gasteiger partial charge in [0.15, 0.2) is 5.60 Å². The zero-order valence-corrected chi connectivity index (χ0v) is 20.9. The second-order valence-electron chi connectivity index (χ2n) is 11.8. The number of rotatable bonds is 4. The molecule has 0 unspecified atom stereocenters. The van der Waals surface area contributed by atoms with Crippen LogP contribution in [0.25, 0.3) is 6.08 Å². The van der Waals surface area contributed by atoms with Gasteiger partial charge in [0.05, 0.1) is 30.3 Å². The predicted molar refractivity (Wildman–Crippen MR) is 131 cm³/mol. The summed E-state index contributed by atoms with van der Waals surface area (Å²) in [6, 6.07) is 9.38. The second kappa shape index (κ2) is 8.39. The largest absolute Gasteiger partial charge is 0.447 e. The number of hydrogen-bond acceptors (Lipinski definition) is 6. The Balaban J connectivity index is 1.55. The van der Waals surface area contributed by atoms with Crippen LogP contribution in [-0.4, -0.2) is 52.0 Å². The predicted octanol–water partition coefficient (Wildman–Crippen LogP) is 3.71. The number of benzene rings is 1. The van der Waals surface area contributed by atoms with Crippen molar-refractivity contribution in [3.05, 3.63) is 53.6 Å². The molecule has 0 radical (unpaired) electrons. The van der Waals surface area contributed by atoms with E-state index in [1.807, 2.05) is 50.3 Å². The van der Waals surface area contributed by atoms with Crippen LogP contribution in [0.5, 0.6) is 0 Å². The van der Waals surface area contributed by atoms with Gasteiger partial charge in [-0.15, -0.1) is 0 Å². The SMILES string of the molecule is C[C@H]1C[C@]2(OC(=O)/C=C/c3ccccc3)C(=O)/C(CO)=C\[C@@H]3[C@H](CC[C@@]4(C)O[C@@H]4[C@H]2[C@H]1O)C3(C)C. The molecule has 6 nitrogen and oxygen atoms in total. The van der Waals surface area contributed by atoms with Gasteiger partial charge in [-0.1, -0.05) is 57.2 Å². The number of epoxide rings is 1. The van der Waals surface area contributed by atoms with Crippen LogP contribution < -0.4 is 0 Å². The molecule has 35 heavy (non-hydrogen) atoms. The second-order valence-corrected chi connectivity index (χ2v) is 11.8. The van der Waals surface area contributed by atoms with Gasteiger partial charge in [0.1, 0.15) is 0 Å².